The van der Waals surface area contributed by atoms with E-state index < -0.39 is 0 Å². The normalized spacial score (nSPS) is 18.8. The molecular weight excluding hydrogens is 315 g/mol. The van der Waals surface area contributed by atoms with Crippen LogP contribution in [-0.4, -0.2) is 51.2 Å². The number of nitrogens with zero attached hydrogens (tertiary/aromatic N) is 3. The smallest absolute Gasteiger partial charge is 0.146 e. The molecule has 1 fully saturated rings. The molecule has 2 heterocycles. The first-order valence-corrected chi connectivity index (χ1v) is 9.01. The second-order valence-electron chi connectivity index (χ2n) is 6.89. The molecule has 0 aromatic heterocycles. The summed E-state index contributed by atoms with van der Waals surface area (Å²) in [5, 5.41) is 3.40. The van der Waals surface area contributed by atoms with Gasteiger partial charge in [0.25, 0.3) is 0 Å². The van der Waals surface area contributed by atoms with Gasteiger partial charge in [0.2, 0.25) is 0 Å². The van der Waals surface area contributed by atoms with Gasteiger partial charge in [-0.3, -0.25) is 0 Å². The van der Waals surface area contributed by atoms with Crippen molar-refractivity contribution in [1.82, 2.24) is 10.2 Å². The molecule has 2 aliphatic heterocycles. The van der Waals surface area contributed by atoms with Crippen LogP contribution in [0.4, 0.5) is 21.5 Å². The molecule has 5 heteroatoms. The van der Waals surface area contributed by atoms with Crippen LogP contribution in [-0.2, 0) is 6.54 Å². The largest absolute Gasteiger partial charge is 0.369 e. The number of hydrogen-bond acceptors (Lipinski definition) is 4. The highest BCUT2D eigenvalue weighted by Gasteiger charge is 2.22. The Morgan fingerprint density at radius 1 is 0.920 bits per heavy atom. The standard InChI is InChI=1S/C20H25FN4/c1-23-12-13-25(20-5-3-2-4-18(20)21)19-7-6-17(14-16(19)15-23)24-10-8-22-9-11-24/h2-7,14,22H,8-13,15H2,1H3. The van der Waals surface area contributed by atoms with E-state index in [0.717, 1.165) is 51.5 Å². The molecule has 0 atom stereocenters. The maximum absolute atomic E-state index is 14.4. The van der Waals surface area contributed by atoms with Crippen molar-refractivity contribution in [2.75, 3.05) is 56.1 Å². The summed E-state index contributed by atoms with van der Waals surface area (Å²) in [4.78, 5) is 6.85. The summed E-state index contributed by atoms with van der Waals surface area (Å²) in [6.45, 7) is 6.71. The van der Waals surface area contributed by atoms with E-state index in [9.17, 15) is 4.39 Å². The zero-order chi connectivity index (χ0) is 17.2. The fraction of sp³-hybridized carbons (Fsp3) is 0.400. The molecule has 0 bridgehead atoms. The predicted octanol–water partition coefficient (Wildman–Crippen LogP) is 2.82. The van der Waals surface area contributed by atoms with Gasteiger partial charge in [-0.05, 0) is 42.9 Å². The number of fused-ring (bicyclic) bond motifs is 1. The SMILES string of the molecule is CN1CCN(c2ccccc2F)c2ccc(N3CCNCC3)cc2C1. The van der Waals surface area contributed by atoms with Crippen LogP contribution >= 0.6 is 0 Å². The van der Waals surface area contributed by atoms with Crippen molar-refractivity contribution in [2.45, 2.75) is 6.54 Å². The third-order valence-electron chi connectivity index (χ3n) is 5.12. The van der Waals surface area contributed by atoms with Gasteiger partial charge >= 0.3 is 0 Å². The fourth-order valence-corrected chi connectivity index (χ4v) is 3.76. The molecule has 0 amide bonds. The Bertz CT molecular complexity index is 742. The molecule has 2 aromatic carbocycles. The maximum atomic E-state index is 14.4. The van der Waals surface area contributed by atoms with Crippen LogP contribution in [0.2, 0.25) is 0 Å². The van der Waals surface area contributed by atoms with Gasteiger partial charge in [0.05, 0.1) is 5.69 Å². The quantitative estimate of drug-likeness (QED) is 0.907. The van der Waals surface area contributed by atoms with Crippen molar-refractivity contribution in [3.05, 3.63) is 53.8 Å². The molecular formula is C20H25FN4. The molecule has 1 saturated heterocycles. The molecule has 4 rings (SSSR count). The number of halogens is 1. The average molecular weight is 340 g/mol. The molecule has 0 unspecified atom stereocenters. The van der Waals surface area contributed by atoms with Gasteiger partial charge in [-0.25, -0.2) is 4.39 Å². The molecule has 0 aliphatic carbocycles. The van der Waals surface area contributed by atoms with Gasteiger partial charge in [0.15, 0.2) is 0 Å². The third-order valence-corrected chi connectivity index (χ3v) is 5.12. The van der Waals surface area contributed by atoms with E-state index in [1.807, 2.05) is 12.1 Å². The Morgan fingerprint density at radius 2 is 1.72 bits per heavy atom. The lowest BCUT2D eigenvalue weighted by Crippen LogP contribution is -2.43. The van der Waals surface area contributed by atoms with Crippen LogP contribution in [0, 0.1) is 5.82 Å². The Hall–Kier alpha value is -2.11. The number of piperazine rings is 1. The van der Waals surface area contributed by atoms with Crippen molar-refractivity contribution in [2.24, 2.45) is 0 Å². The van der Waals surface area contributed by atoms with Crippen LogP contribution in [0.5, 0.6) is 0 Å². The van der Waals surface area contributed by atoms with E-state index in [1.54, 1.807) is 12.1 Å². The van der Waals surface area contributed by atoms with Crippen molar-refractivity contribution in [3.8, 4) is 0 Å². The first kappa shape index (κ1) is 16.4. The highest BCUT2D eigenvalue weighted by molar-refractivity contribution is 5.70. The zero-order valence-electron chi connectivity index (χ0n) is 14.7. The van der Waals surface area contributed by atoms with Gasteiger partial charge in [0.1, 0.15) is 5.82 Å². The Morgan fingerprint density at radius 3 is 2.52 bits per heavy atom. The minimum absolute atomic E-state index is 0.163. The summed E-state index contributed by atoms with van der Waals surface area (Å²) >= 11 is 0. The molecule has 2 aromatic rings. The number of hydrogen-bond donors (Lipinski definition) is 1. The highest BCUT2D eigenvalue weighted by Crippen LogP contribution is 2.35. The van der Waals surface area contributed by atoms with E-state index in [1.165, 1.54) is 11.3 Å². The third kappa shape index (κ3) is 3.34. The number of rotatable bonds is 2. The number of para-hydroxylation sites is 1. The van der Waals surface area contributed by atoms with Gasteiger partial charge < -0.3 is 20.0 Å². The minimum Gasteiger partial charge on any atom is -0.369 e. The Balaban J connectivity index is 1.73. The molecule has 0 radical (unpaired) electrons. The van der Waals surface area contributed by atoms with Crippen molar-refractivity contribution in [1.29, 1.82) is 0 Å². The van der Waals surface area contributed by atoms with Crippen LogP contribution in [0.3, 0.4) is 0 Å². The highest BCUT2D eigenvalue weighted by atomic mass is 19.1. The maximum Gasteiger partial charge on any atom is 0.146 e. The van der Waals surface area contributed by atoms with Crippen LogP contribution < -0.4 is 15.1 Å². The monoisotopic (exact) mass is 340 g/mol. The number of likely N-dealkylation sites (N-methyl/N-ethyl adjacent to an activating group) is 1. The topological polar surface area (TPSA) is 21.8 Å². The number of nitrogens with one attached hydrogen (secondary N) is 1. The van der Waals surface area contributed by atoms with E-state index in [-0.39, 0.29) is 5.82 Å². The summed E-state index contributed by atoms with van der Waals surface area (Å²) in [7, 11) is 2.13. The average Bonchev–Trinajstić information content (AvgIpc) is 2.80. The van der Waals surface area contributed by atoms with Crippen LogP contribution in [0.1, 0.15) is 5.56 Å². The second-order valence-corrected chi connectivity index (χ2v) is 6.89. The summed E-state index contributed by atoms with van der Waals surface area (Å²) in [5.41, 5.74) is 4.31. The van der Waals surface area contributed by atoms with E-state index in [4.69, 9.17) is 0 Å². The number of benzene rings is 2. The van der Waals surface area contributed by atoms with Gasteiger partial charge in [-0.1, -0.05) is 12.1 Å². The predicted molar refractivity (Wildman–Crippen MR) is 101 cm³/mol. The van der Waals surface area contributed by atoms with Gasteiger partial charge in [-0.2, -0.15) is 0 Å². The summed E-state index contributed by atoms with van der Waals surface area (Å²) in [6, 6.07) is 13.7. The first-order valence-electron chi connectivity index (χ1n) is 9.01. The van der Waals surface area contributed by atoms with E-state index in [2.05, 4.69) is 45.3 Å². The van der Waals surface area contributed by atoms with Crippen molar-refractivity contribution >= 4 is 17.1 Å². The molecule has 132 valence electrons. The molecule has 2 aliphatic rings. The van der Waals surface area contributed by atoms with Crippen LogP contribution in [0.25, 0.3) is 0 Å². The summed E-state index contributed by atoms with van der Waals surface area (Å²) in [6.07, 6.45) is 0. The van der Waals surface area contributed by atoms with E-state index >= 15 is 0 Å². The molecule has 25 heavy (non-hydrogen) atoms. The van der Waals surface area contributed by atoms with E-state index in [0.29, 0.717) is 5.69 Å². The summed E-state index contributed by atoms with van der Waals surface area (Å²) in [5.74, 6) is -0.163. The van der Waals surface area contributed by atoms with Gasteiger partial charge in [-0.15, -0.1) is 0 Å². The second kappa shape index (κ2) is 7.02. The summed E-state index contributed by atoms with van der Waals surface area (Å²) < 4.78 is 14.4. The minimum atomic E-state index is -0.163. The molecule has 1 N–H and O–H groups in total. The van der Waals surface area contributed by atoms with Gasteiger partial charge in [0, 0.05) is 57.2 Å². The van der Waals surface area contributed by atoms with Crippen LogP contribution in [0.15, 0.2) is 42.5 Å². The molecule has 0 spiro atoms. The lowest BCUT2D eigenvalue weighted by atomic mass is 10.1. The fourth-order valence-electron chi connectivity index (χ4n) is 3.76. The van der Waals surface area contributed by atoms with Crippen molar-refractivity contribution in [3.63, 3.8) is 0 Å². The Kier molecular flexibility index (Phi) is 4.59. The lowest BCUT2D eigenvalue weighted by Gasteiger charge is -2.31. The van der Waals surface area contributed by atoms with Crippen molar-refractivity contribution < 1.29 is 4.39 Å². The molecule has 4 nitrogen and oxygen atoms in total. The lowest BCUT2D eigenvalue weighted by molar-refractivity contribution is 0.343. The first-order chi connectivity index (χ1) is 12.2. The zero-order valence-corrected chi connectivity index (χ0v) is 14.7. The number of anilines is 3. The Labute approximate surface area is 148 Å². The molecule has 0 saturated carbocycles.